The third-order valence-electron chi connectivity index (χ3n) is 1.87. The molecule has 0 saturated carbocycles. The number of carbonyl (C=O) groups excluding carboxylic acids is 1. The quantitative estimate of drug-likeness (QED) is 0.678. The lowest BCUT2D eigenvalue weighted by atomic mass is 10.2. The van der Waals surface area contributed by atoms with Gasteiger partial charge in [0.15, 0.2) is 22.9 Å². The molecule has 3 heteroatoms. The van der Waals surface area contributed by atoms with E-state index >= 15 is 0 Å². The van der Waals surface area contributed by atoms with Crippen molar-refractivity contribution in [1.82, 2.24) is 0 Å². The van der Waals surface area contributed by atoms with Crippen LogP contribution < -0.4 is 0 Å². The molecule has 1 aromatic carbocycles. The van der Waals surface area contributed by atoms with Crippen molar-refractivity contribution in [1.29, 1.82) is 0 Å². The molecule has 1 aromatic heterocycles. The zero-order chi connectivity index (χ0) is 9.42. The van der Waals surface area contributed by atoms with E-state index in [0.717, 1.165) is 5.39 Å². The molecule has 0 spiro atoms. The molecule has 0 aliphatic heterocycles. The third kappa shape index (κ3) is 1.18. The van der Waals surface area contributed by atoms with Crippen molar-refractivity contribution in [2.45, 2.75) is 6.92 Å². The summed E-state index contributed by atoms with van der Waals surface area (Å²) in [6.45, 7) is 1.43. The highest BCUT2D eigenvalue weighted by Crippen LogP contribution is 2.27. The van der Waals surface area contributed by atoms with Gasteiger partial charge in [-0.3, -0.25) is 4.79 Å². The predicted octanol–water partition coefficient (Wildman–Crippen LogP) is 2.34. The van der Waals surface area contributed by atoms with Crippen LogP contribution in [-0.4, -0.2) is 10.9 Å². The van der Waals surface area contributed by atoms with Crippen LogP contribution in [0.15, 0.2) is 28.7 Å². The second-order valence-corrected chi connectivity index (χ2v) is 2.86. The maximum Gasteiger partial charge on any atom is 0.194 e. The molecule has 0 atom stereocenters. The van der Waals surface area contributed by atoms with Crippen molar-refractivity contribution < 1.29 is 14.3 Å². The Labute approximate surface area is 74.6 Å². The van der Waals surface area contributed by atoms with Gasteiger partial charge in [0.25, 0.3) is 0 Å². The Hall–Kier alpha value is -1.77. The number of phenolic OH excluding ortho intramolecular Hbond substituents is 1. The normalized spacial score (nSPS) is 10.5. The highest BCUT2D eigenvalue weighted by atomic mass is 16.4. The second kappa shape index (κ2) is 2.62. The molecule has 2 aromatic rings. The number of Topliss-reactive ketones (excluding diaryl/α,β-unsaturated/α-hetero) is 1. The molecule has 2 rings (SSSR count). The van der Waals surface area contributed by atoms with E-state index in [1.165, 1.54) is 13.0 Å². The Morgan fingerprint density at radius 2 is 2.23 bits per heavy atom. The summed E-state index contributed by atoms with van der Waals surface area (Å²) in [5.74, 6) is 0.192. The van der Waals surface area contributed by atoms with Crippen molar-refractivity contribution in [3.8, 4) is 5.75 Å². The van der Waals surface area contributed by atoms with Gasteiger partial charge in [-0.1, -0.05) is 12.1 Å². The lowest BCUT2D eigenvalue weighted by Crippen LogP contribution is -1.85. The molecular formula is C10H8O3. The zero-order valence-electron chi connectivity index (χ0n) is 7.07. The van der Waals surface area contributed by atoms with Crippen LogP contribution in [0.1, 0.15) is 17.5 Å². The highest BCUT2D eigenvalue weighted by molar-refractivity contribution is 5.97. The van der Waals surface area contributed by atoms with Crippen molar-refractivity contribution in [3.63, 3.8) is 0 Å². The van der Waals surface area contributed by atoms with Gasteiger partial charge in [0.05, 0.1) is 0 Å². The van der Waals surface area contributed by atoms with E-state index in [9.17, 15) is 9.90 Å². The summed E-state index contributed by atoms with van der Waals surface area (Å²) in [6.07, 6.45) is 0. The van der Waals surface area contributed by atoms with Gasteiger partial charge in [-0.15, -0.1) is 0 Å². The number of furan rings is 1. The first-order valence-electron chi connectivity index (χ1n) is 3.91. The monoisotopic (exact) mass is 176 g/mol. The number of para-hydroxylation sites is 1. The summed E-state index contributed by atoms with van der Waals surface area (Å²) < 4.78 is 5.16. The van der Waals surface area contributed by atoms with Gasteiger partial charge in [-0.25, -0.2) is 0 Å². The number of hydrogen-bond donors (Lipinski definition) is 1. The Morgan fingerprint density at radius 3 is 2.85 bits per heavy atom. The van der Waals surface area contributed by atoms with Crippen molar-refractivity contribution in [2.24, 2.45) is 0 Å². The highest BCUT2D eigenvalue weighted by Gasteiger charge is 2.09. The predicted molar refractivity (Wildman–Crippen MR) is 47.9 cm³/mol. The van der Waals surface area contributed by atoms with Crippen LogP contribution in [-0.2, 0) is 0 Å². The molecule has 0 aliphatic rings. The molecule has 0 unspecified atom stereocenters. The number of phenols is 1. The first kappa shape index (κ1) is 7.86. The number of hydrogen-bond acceptors (Lipinski definition) is 3. The fraction of sp³-hybridized carbons (Fsp3) is 0.100. The molecular weight excluding hydrogens is 168 g/mol. The SMILES string of the molecule is CC(=O)c1cc2cccc(O)c2o1. The summed E-state index contributed by atoms with van der Waals surface area (Å²) in [6, 6.07) is 6.63. The smallest absolute Gasteiger partial charge is 0.194 e. The van der Waals surface area contributed by atoms with Gasteiger partial charge >= 0.3 is 0 Å². The molecule has 0 bridgehead atoms. The minimum absolute atomic E-state index is 0.0602. The lowest BCUT2D eigenvalue weighted by Gasteiger charge is -1.90. The van der Waals surface area contributed by atoms with E-state index in [1.807, 2.05) is 0 Å². The Balaban J connectivity index is 2.75. The minimum atomic E-state index is -0.143. The molecule has 3 nitrogen and oxygen atoms in total. The van der Waals surface area contributed by atoms with E-state index in [1.54, 1.807) is 18.2 Å². The van der Waals surface area contributed by atoms with Gasteiger partial charge < -0.3 is 9.52 Å². The summed E-state index contributed by atoms with van der Waals surface area (Å²) in [5.41, 5.74) is 0.368. The largest absolute Gasteiger partial charge is 0.504 e. The molecule has 13 heavy (non-hydrogen) atoms. The Kier molecular flexibility index (Phi) is 1.59. The number of aromatic hydroxyl groups is 1. The zero-order valence-corrected chi connectivity index (χ0v) is 7.07. The van der Waals surface area contributed by atoms with E-state index in [0.29, 0.717) is 5.58 Å². The maximum atomic E-state index is 11.0. The topological polar surface area (TPSA) is 50.4 Å². The maximum absolute atomic E-state index is 11.0. The summed E-state index contributed by atoms with van der Waals surface area (Å²) in [5, 5.41) is 10.1. The number of fused-ring (bicyclic) bond motifs is 1. The molecule has 0 amide bonds. The molecule has 66 valence electrons. The van der Waals surface area contributed by atoms with E-state index in [2.05, 4.69) is 0 Å². The van der Waals surface area contributed by atoms with Crippen molar-refractivity contribution >= 4 is 16.8 Å². The van der Waals surface area contributed by atoms with Crippen LogP contribution in [0.3, 0.4) is 0 Å². The van der Waals surface area contributed by atoms with Crippen LogP contribution in [0.5, 0.6) is 5.75 Å². The van der Waals surface area contributed by atoms with Crippen LogP contribution in [0.25, 0.3) is 11.0 Å². The lowest BCUT2D eigenvalue weighted by molar-refractivity contribution is 0.0989. The molecule has 0 radical (unpaired) electrons. The van der Waals surface area contributed by atoms with Crippen molar-refractivity contribution in [3.05, 3.63) is 30.0 Å². The Morgan fingerprint density at radius 1 is 1.46 bits per heavy atom. The van der Waals surface area contributed by atoms with Gasteiger partial charge in [-0.05, 0) is 12.1 Å². The summed E-state index contributed by atoms with van der Waals surface area (Å²) >= 11 is 0. The number of benzene rings is 1. The molecule has 0 fully saturated rings. The number of rotatable bonds is 1. The first-order valence-corrected chi connectivity index (χ1v) is 3.91. The summed E-state index contributed by atoms with van der Waals surface area (Å²) in [4.78, 5) is 11.0. The van der Waals surface area contributed by atoms with Gasteiger partial charge in [-0.2, -0.15) is 0 Å². The third-order valence-corrected chi connectivity index (χ3v) is 1.87. The van der Waals surface area contributed by atoms with Crippen molar-refractivity contribution in [2.75, 3.05) is 0 Å². The van der Waals surface area contributed by atoms with E-state index in [-0.39, 0.29) is 17.3 Å². The second-order valence-electron chi connectivity index (χ2n) is 2.86. The van der Waals surface area contributed by atoms with E-state index < -0.39 is 0 Å². The minimum Gasteiger partial charge on any atom is -0.504 e. The average molecular weight is 176 g/mol. The first-order chi connectivity index (χ1) is 6.18. The van der Waals surface area contributed by atoms with Crippen LogP contribution in [0.2, 0.25) is 0 Å². The van der Waals surface area contributed by atoms with Gasteiger partial charge in [0, 0.05) is 12.3 Å². The molecule has 1 heterocycles. The average Bonchev–Trinajstić information content (AvgIpc) is 2.49. The molecule has 0 aliphatic carbocycles. The Bertz CT molecular complexity index is 468. The number of carbonyl (C=O) groups is 1. The van der Waals surface area contributed by atoms with Gasteiger partial charge in [0.2, 0.25) is 0 Å². The van der Waals surface area contributed by atoms with Crippen LogP contribution in [0.4, 0.5) is 0 Å². The molecule has 1 N–H and O–H groups in total. The fourth-order valence-corrected chi connectivity index (χ4v) is 1.22. The summed E-state index contributed by atoms with van der Waals surface area (Å²) in [7, 11) is 0. The van der Waals surface area contributed by atoms with Crippen LogP contribution in [0, 0.1) is 0 Å². The van der Waals surface area contributed by atoms with Crippen LogP contribution >= 0.6 is 0 Å². The van der Waals surface area contributed by atoms with Gasteiger partial charge in [0.1, 0.15) is 0 Å². The standard InChI is InChI=1S/C10H8O3/c1-6(11)9-5-7-3-2-4-8(12)10(7)13-9/h2-5,12H,1H3. The van der Waals surface area contributed by atoms with E-state index in [4.69, 9.17) is 4.42 Å². The number of ketones is 1. The molecule has 0 saturated heterocycles. The fourth-order valence-electron chi connectivity index (χ4n) is 1.22.